The lowest BCUT2D eigenvalue weighted by Crippen LogP contribution is -1.90. The van der Waals surface area contributed by atoms with Crippen LogP contribution in [0, 0.1) is 38.4 Å². The third-order valence-electron chi connectivity index (χ3n) is 4.03. The number of hydrogen-bond acceptors (Lipinski definition) is 0. The van der Waals surface area contributed by atoms with Crippen molar-refractivity contribution in [1.82, 2.24) is 0 Å². The van der Waals surface area contributed by atoms with Crippen LogP contribution in [0.3, 0.4) is 0 Å². The van der Waals surface area contributed by atoms with Crippen LogP contribution in [-0.2, 0) is 0 Å². The Labute approximate surface area is 156 Å². The Morgan fingerprint density at radius 2 is 1.19 bits per heavy atom. The van der Waals surface area contributed by atoms with E-state index in [2.05, 4.69) is 43.0 Å². The molecule has 0 aliphatic rings. The highest BCUT2D eigenvalue weighted by atomic mass is 19.1. The second-order valence-electron chi connectivity index (χ2n) is 6.13. The van der Waals surface area contributed by atoms with Crippen molar-refractivity contribution in [3.8, 4) is 23.0 Å². The van der Waals surface area contributed by atoms with E-state index in [1.807, 2.05) is 58.0 Å². The average molecular weight is 344 g/mol. The molecule has 0 amide bonds. The predicted octanol–water partition coefficient (Wildman–Crippen LogP) is 6.84. The van der Waals surface area contributed by atoms with Crippen LogP contribution in [0.2, 0.25) is 0 Å². The third kappa shape index (κ3) is 4.83. The fourth-order valence-corrected chi connectivity index (χ4v) is 2.70. The Bertz CT molecular complexity index is 898. The van der Waals surface area contributed by atoms with Gasteiger partial charge in [-0.05, 0) is 61.2 Å². The largest absolute Gasteiger partial charge is 0.206 e. The molecule has 0 bridgehead atoms. The van der Waals surface area contributed by atoms with Gasteiger partial charge in [-0.1, -0.05) is 73.7 Å². The fraction of sp³-hybridized carbons (Fsp3) is 0.200. The van der Waals surface area contributed by atoms with Gasteiger partial charge >= 0.3 is 0 Å². The van der Waals surface area contributed by atoms with E-state index in [1.165, 1.54) is 17.2 Å². The van der Waals surface area contributed by atoms with Crippen molar-refractivity contribution in [2.75, 3.05) is 0 Å². The van der Waals surface area contributed by atoms with Crippen LogP contribution >= 0.6 is 0 Å². The first-order chi connectivity index (χ1) is 12.5. The summed E-state index contributed by atoms with van der Waals surface area (Å²) in [6.07, 6.45) is 0. The third-order valence-corrected chi connectivity index (χ3v) is 4.03. The molecule has 0 saturated heterocycles. The summed E-state index contributed by atoms with van der Waals surface area (Å²) >= 11 is 0. The van der Waals surface area contributed by atoms with Gasteiger partial charge < -0.3 is 0 Å². The monoisotopic (exact) mass is 344 g/mol. The van der Waals surface area contributed by atoms with Crippen LogP contribution in [0.15, 0.2) is 60.7 Å². The van der Waals surface area contributed by atoms with Crippen LogP contribution < -0.4 is 0 Å². The molecule has 0 spiro atoms. The average Bonchev–Trinajstić information content (AvgIpc) is 2.64. The number of hydrogen-bond donors (Lipinski definition) is 0. The molecule has 0 nitrogen and oxygen atoms in total. The Morgan fingerprint density at radius 3 is 1.73 bits per heavy atom. The summed E-state index contributed by atoms with van der Waals surface area (Å²) in [5.41, 5.74) is 6.72. The molecule has 0 N–H and O–H groups in total. The number of halogens is 1. The van der Waals surface area contributed by atoms with Crippen LogP contribution in [0.25, 0.3) is 11.1 Å². The Hall–Kier alpha value is -2.85. The van der Waals surface area contributed by atoms with Gasteiger partial charge in [-0.15, -0.1) is 0 Å². The first-order valence-corrected chi connectivity index (χ1v) is 8.99. The van der Waals surface area contributed by atoms with Crippen molar-refractivity contribution in [2.45, 2.75) is 34.6 Å². The minimum absolute atomic E-state index is 0.253. The lowest BCUT2D eigenvalue weighted by molar-refractivity contribution is 0.622. The van der Waals surface area contributed by atoms with E-state index in [9.17, 15) is 4.39 Å². The predicted molar refractivity (Wildman–Crippen MR) is 110 cm³/mol. The SMILES string of the molecule is CC.Cc1ccc(-c2ccc(C#Cc3c(C)cc(C)cc3F)cc2)cc1. The zero-order valence-corrected chi connectivity index (χ0v) is 16.2. The number of rotatable bonds is 1. The molecule has 0 aliphatic heterocycles. The van der Waals surface area contributed by atoms with E-state index >= 15 is 0 Å². The quantitative estimate of drug-likeness (QED) is 0.424. The van der Waals surface area contributed by atoms with Crippen LogP contribution in [-0.4, -0.2) is 0 Å². The van der Waals surface area contributed by atoms with E-state index < -0.39 is 0 Å². The normalized spacial score (nSPS) is 9.62. The highest BCUT2D eigenvalue weighted by Gasteiger charge is 2.04. The standard InChI is InChI=1S/C23H19F.C2H6/c1-16-4-9-20(10-5-16)21-11-6-19(7-12-21)8-13-22-18(3)14-17(2)15-23(22)24;1-2/h4-7,9-12,14-15H,1-3H3;1-2H3. The van der Waals surface area contributed by atoms with Gasteiger partial charge in [0, 0.05) is 5.56 Å². The molecule has 0 heterocycles. The molecule has 0 aliphatic carbocycles. The lowest BCUT2D eigenvalue weighted by atomic mass is 10.0. The van der Waals surface area contributed by atoms with Crippen LogP contribution in [0.4, 0.5) is 4.39 Å². The van der Waals surface area contributed by atoms with Crippen molar-refractivity contribution in [3.05, 3.63) is 94.3 Å². The van der Waals surface area contributed by atoms with Crippen molar-refractivity contribution < 1.29 is 4.39 Å². The van der Waals surface area contributed by atoms with Gasteiger partial charge in [0.1, 0.15) is 5.82 Å². The van der Waals surface area contributed by atoms with Crippen molar-refractivity contribution in [3.63, 3.8) is 0 Å². The number of aryl methyl sites for hydroxylation is 3. The molecule has 0 unspecified atom stereocenters. The molecule has 0 radical (unpaired) electrons. The summed E-state index contributed by atoms with van der Waals surface area (Å²) in [7, 11) is 0. The fourth-order valence-electron chi connectivity index (χ4n) is 2.70. The van der Waals surface area contributed by atoms with Gasteiger partial charge in [0.25, 0.3) is 0 Å². The van der Waals surface area contributed by atoms with Crippen LogP contribution in [0.5, 0.6) is 0 Å². The molecule has 3 rings (SSSR count). The molecule has 0 fully saturated rings. The molecule has 3 aromatic rings. The van der Waals surface area contributed by atoms with E-state index in [0.29, 0.717) is 5.56 Å². The van der Waals surface area contributed by atoms with Gasteiger partial charge in [-0.2, -0.15) is 0 Å². The molecular formula is C25H25F. The zero-order chi connectivity index (χ0) is 19.1. The summed E-state index contributed by atoms with van der Waals surface area (Å²) in [4.78, 5) is 0. The molecule has 0 aromatic heterocycles. The Morgan fingerprint density at radius 1 is 0.654 bits per heavy atom. The van der Waals surface area contributed by atoms with Gasteiger partial charge in [0.2, 0.25) is 0 Å². The maximum Gasteiger partial charge on any atom is 0.139 e. The molecule has 0 saturated carbocycles. The molecule has 3 aromatic carbocycles. The molecule has 1 heteroatoms. The van der Waals surface area contributed by atoms with Gasteiger partial charge in [-0.25, -0.2) is 4.39 Å². The Balaban J connectivity index is 0.00000117. The maximum atomic E-state index is 14.0. The summed E-state index contributed by atoms with van der Waals surface area (Å²) in [6.45, 7) is 9.85. The smallest absolute Gasteiger partial charge is 0.139 e. The second-order valence-corrected chi connectivity index (χ2v) is 6.13. The first kappa shape index (κ1) is 19.5. The van der Waals surface area contributed by atoms with E-state index in [4.69, 9.17) is 0 Å². The summed E-state index contributed by atoms with van der Waals surface area (Å²) in [5.74, 6) is 5.77. The van der Waals surface area contributed by atoms with Gasteiger partial charge in [0.05, 0.1) is 5.56 Å². The summed E-state index contributed by atoms with van der Waals surface area (Å²) < 4.78 is 14.0. The maximum absolute atomic E-state index is 14.0. The first-order valence-electron chi connectivity index (χ1n) is 8.99. The zero-order valence-electron chi connectivity index (χ0n) is 16.2. The highest BCUT2D eigenvalue weighted by Crippen LogP contribution is 2.20. The lowest BCUT2D eigenvalue weighted by Gasteiger charge is -2.03. The van der Waals surface area contributed by atoms with E-state index in [0.717, 1.165) is 22.3 Å². The summed E-state index contributed by atoms with van der Waals surface area (Å²) in [6, 6.07) is 20.0. The topological polar surface area (TPSA) is 0 Å². The van der Waals surface area contributed by atoms with Crippen LogP contribution in [0.1, 0.15) is 41.7 Å². The second kappa shape index (κ2) is 9.02. The minimum Gasteiger partial charge on any atom is -0.206 e. The molecule has 0 atom stereocenters. The van der Waals surface area contributed by atoms with Gasteiger partial charge in [0.15, 0.2) is 0 Å². The van der Waals surface area contributed by atoms with Crippen molar-refractivity contribution >= 4 is 0 Å². The highest BCUT2D eigenvalue weighted by molar-refractivity contribution is 5.64. The van der Waals surface area contributed by atoms with Crippen molar-refractivity contribution in [1.29, 1.82) is 0 Å². The Kier molecular flexibility index (Phi) is 6.75. The van der Waals surface area contributed by atoms with E-state index in [1.54, 1.807) is 0 Å². The minimum atomic E-state index is -0.253. The summed E-state index contributed by atoms with van der Waals surface area (Å²) in [5, 5.41) is 0. The molecular weight excluding hydrogens is 319 g/mol. The molecule has 26 heavy (non-hydrogen) atoms. The van der Waals surface area contributed by atoms with Crippen molar-refractivity contribution in [2.24, 2.45) is 0 Å². The van der Waals surface area contributed by atoms with Gasteiger partial charge in [-0.3, -0.25) is 0 Å². The molecule has 132 valence electrons. The van der Waals surface area contributed by atoms with E-state index in [-0.39, 0.29) is 5.82 Å². The number of benzene rings is 3.